The minimum Gasteiger partial charge on any atom is -0.487 e. The number of aryl methyl sites for hydroxylation is 1. The molecule has 5 heteroatoms. The van der Waals surface area contributed by atoms with Crippen molar-refractivity contribution in [3.63, 3.8) is 0 Å². The first-order chi connectivity index (χ1) is 14.5. The molecule has 0 unspecified atom stereocenters. The molecule has 0 aliphatic heterocycles. The molecule has 3 aromatic carbocycles. The summed E-state index contributed by atoms with van der Waals surface area (Å²) in [6.45, 7) is 0.0289. The maximum atomic E-state index is 9.32. The van der Waals surface area contributed by atoms with E-state index in [9.17, 15) is 10.2 Å². The average molecular weight is 426 g/mol. The van der Waals surface area contributed by atoms with Crippen LogP contribution < -0.4 is 10.5 Å². The Bertz CT molecular complexity index is 942. The van der Waals surface area contributed by atoms with E-state index in [1.807, 2.05) is 60.7 Å². The second-order valence-electron chi connectivity index (χ2n) is 7.65. The van der Waals surface area contributed by atoms with Crippen LogP contribution in [-0.2, 0) is 13.0 Å². The summed E-state index contributed by atoms with van der Waals surface area (Å²) >= 11 is 6.46. The number of aliphatic hydroxyl groups is 2. The van der Waals surface area contributed by atoms with Crippen LogP contribution in [0.5, 0.6) is 5.75 Å². The summed E-state index contributed by atoms with van der Waals surface area (Å²) < 4.78 is 5.86. The third kappa shape index (κ3) is 6.07. The fourth-order valence-corrected chi connectivity index (χ4v) is 3.53. The normalized spacial score (nSPS) is 11.5. The number of hydrogen-bond donors (Lipinski definition) is 3. The molecule has 0 radical (unpaired) electrons. The lowest BCUT2D eigenvalue weighted by atomic mass is 9.93. The topological polar surface area (TPSA) is 75.7 Å². The van der Waals surface area contributed by atoms with Crippen molar-refractivity contribution in [2.45, 2.75) is 31.4 Å². The highest BCUT2D eigenvalue weighted by Gasteiger charge is 2.22. The number of hydrogen-bond acceptors (Lipinski definition) is 4. The summed E-state index contributed by atoms with van der Waals surface area (Å²) in [5.74, 6) is 0.660. The van der Waals surface area contributed by atoms with E-state index >= 15 is 0 Å². The lowest BCUT2D eigenvalue weighted by molar-refractivity contribution is 0.113. The number of aliphatic hydroxyl groups excluding tert-OH is 2. The molecule has 3 rings (SSSR count). The van der Waals surface area contributed by atoms with Gasteiger partial charge in [0.05, 0.1) is 23.8 Å². The Morgan fingerprint density at radius 2 is 1.53 bits per heavy atom. The molecule has 0 bridgehead atoms. The SMILES string of the molecule is NC(CO)(CO)CCCc1cccc(-c2ccc(OCc3ccccc3)c(Cl)c2)c1. The van der Waals surface area contributed by atoms with Crippen molar-refractivity contribution in [3.05, 3.63) is 88.9 Å². The van der Waals surface area contributed by atoms with E-state index < -0.39 is 5.54 Å². The van der Waals surface area contributed by atoms with Crippen LogP contribution in [0, 0.1) is 0 Å². The molecule has 0 amide bonds. The van der Waals surface area contributed by atoms with Gasteiger partial charge in [0.15, 0.2) is 0 Å². The van der Waals surface area contributed by atoms with Crippen LogP contribution in [0.3, 0.4) is 0 Å². The monoisotopic (exact) mass is 425 g/mol. The molecule has 0 saturated heterocycles. The summed E-state index contributed by atoms with van der Waals surface area (Å²) in [5.41, 5.74) is 9.39. The second kappa shape index (κ2) is 10.6. The number of nitrogens with two attached hydrogens (primary N) is 1. The Morgan fingerprint density at radius 1 is 0.833 bits per heavy atom. The molecule has 0 heterocycles. The number of halogens is 1. The molecule has 4 N–H and O–H groups in total. The lowest BCUT2D eigenvalue weighted by Gasteiger charge is -2.24. The third-order valence-electron chi connectivity index (χ3n) is 5.20. The van der Waals surface area contributed by atoms with Gasteiger partial charge in [0.25, 0.3) is 0 Å². The molecule has 0 spiro atoms. The van der Waals surface area contributed by atoms with Crippen LogP contribution in [0.2, 0.25) is 5.02 Å². The molecule has 0 atom stereocenters. The molecular formula is C25H28ClNO3. The summed E-state index contributed by atoms with van der Waals surface area (Å²) in [6, 6.07) is 24.1. The van der Waals surface area contributed by atoms with Crippen molar-refractivity contribution in [2.24, 2.45) is 5.73 Å². The summed E-state index contributed by atoms with van der Waals surface area (Å²) in [7, 11) is 0. The number of ether oxygens (including phenoxy) is 1. The smallest absolute Gasteiger partial charge is 0.138 e. The molecular weight excluding hydrogens is 398 g/mol. The van der Waals surface area contributed by atoms with Gasteiger partial charge in [-0.15, -0.1) is 0 Å². The Labute approximate surface area is 182 Å². The maximum absolute atomic E-state index is 9.32. The van der Waals surface area contributed by atoms with Crippen molar-refractivity contribution in [1.29, 1.82) is 0 Å². The van der Waals surface area contributed by atoms with Gasteiger partial charge in [-0.2, -0.15) is 0 Å². The quantitative estimate of drug-likeness (QED) is 0.444. The van der Waals surface area contributed by atoms with Gasteiger partial charge < -0.3 is 20.7 Å². The molecule has 4 nitrogen and oxygen atoms in total. The fourth-order valence-electron chi connectivity index (χ4n) is 3.29. The number of benzene rings is 3. The number of rotatable bonds is 10. The Hall–Kier alpha value is -2.37. The van der Waals surface area contributed by atoms with Crippen LogP contribution >= 0.6 is 11.6 Å². The summed E-state index contributed by atoms with van der Waals surface area (Å²) in [4.78, 5) is 0. The molecule has 0 aliphatic carbocycles. The highest BCUT2D eigenvalue weighted by molar-refractivity contribution is 6.32. The highest BCUT2D eigenvalue weighted by Crippen LogP contribution is 2.31. The minimum absolute atomic E-state index is 0.221. The maximum Gasteiger partial charge on any atom is 0.138 e. The fraction of sp³-hybridized carbons (Fsp3) is 0.280. The standard InChI is InChI=1S/C25H28ClNO3/c26-23-15-22(11-12-24(23)30-16-20-6-2-1-3-7-20)21-10-4-8-19(14-21)9-5-13-25(27,17-28)18-29/h1-4,6-8,10-12,14-15,28-29H,5,9,13,16-18,27H2. The predicted molar refractivity (Wildman–Crippen MR) is 122 cm³/mol. The zero-order chi connectivity index (χ0) is 21.4. The first kappa shape index (κ1) is 22.3. The average Bonchev–Trinajstić information content (AvgIpc) is 2.79. The molecule has 0 fully saturated rings. The first-order valence-electron chi connectivity index (χ1n) is 10.1. The van der Waals surface area contributed by atoms with E-state index in [0.29, 0.717) is 23.8 Å². The summed E-state index contributed by atoms with van der Waals surface area (Å²) in [6.07, 6.45) is 2.16. The van der Waals surface area contributed by atoms with Gasteiger partial charge in [0, 0.05) is 0 Å². The van der Waals surface area contributed by atoms with E-state index in [2.05, 4.69) is 12.1 Å². The van der Waals surface area contributed by atoms with Gasteiger partial charge in [0.2, 0.25) is 0 Å². The van der Waals surface area contributed by atoms with Gasteiger partial charge in [0.1, 0.15) is 12.4 Å². The van der Waals surface area contributed by atoms with Crippen LogP contribution in [0.15, 0.2) is 72.8 Å². The van der Waals surface area contributed by atoms with Crippen LogP contribution in [-0.4, -0.2) is 29.0 Å². The molecule has 158 valence electrons. The molecule has 0 aliphatic rings. The van der Waals surface area contributed by atoms with Gasteiger partial charge in [-0.3, -0.25) is 0 Å². The van der Waals surface area contributed by atoms with E-state index in [1.165, 1.54) is 5.56 Å². The second-order valence-corrected chi connectivity index (χ2v) is 8.06. The van der Waals surface area contributed by atoms with Gasteiger partial charge in [-0.05, 0) is 53.6 Å². The largest absolute Gasteiger partial charge is 0.487 e. The van der Waals surface area contributed by atoms with Gasteiger partial charge in [-0.1, -0.05) is 72.3 Å². The van der Waals surface area contributed by atoms with E-state index in [4.69, 9.17) is 22.1 Å². The van der Waals surface area contributed by atoms with Gasteiger partial charge >= 0.3 is 0 Å². The van der Waals surface area contributed by atoms with E-state index in [-0.39, 0.29) is 13.2 Å². The van der Waals surface area contributed by atoms with Crippen molar-refractivity contribution < 1.29 is 14.9 Å². The van der Waals surface area contributed by atoms with Crippen molar-refractivity contribution in [3.8, 4) is 16.9 Å². The molecule has 3 aromatic rings. The predicted octanol–water partition coefficient (Wildman–Crippen LogP) is 4.59. The molecule has 0 saturated carbocycles. The van der Waals surface area contributed by atoms with Crippen LogP contribution in [0.4, 0.5) is 0 Å². The van der Waals surface area contributed by atoms with Crippen molar-refractivity contribution >= 4 is 11.6 Å². The Morgan fingerprint density at radius 3 is 2.23 bits per heavy atom. The Kier molecular flexibility index (Phi) is 7.88. The van der Waals surface area contributed by atoms with E-state index in [1.54, 1.807) is 0 Å². The van der Waals surface area contributed by atoms with Crippen LogP contribution in [0.25, 0.3) is 11.1 Å². The Balaban J connectivity index is 1.64. The van der Waals surface area contributed by atoms with Crippen LogP contribution in [0.1, 0.15) is 24.0 Å². The highest BCUT2D eigenvalue weighted by atomic mass is 35.5. The zero-order valence-electron chi connectivity index (χ0n) is 16.9. The van der Waals surface area contributed by atoms with E-state index in [0.717, 1.165) is 29.5 Å². The zero-order valence-corrected chi connectivity index (χ0v) is 17.7. The lowest BCUT2D eigenvalue weighted by Crippen LogP contribution is -2.47. The molecule has 0 aromatic heterocycles. The van der Waals surface area contributed by atoms with Crippen molar-refractivity contribution in [1.82, 2.24) is 0 Å². The van der Waals surface area contributed by atoms with Crippen molar-refractivity contribution in [2.75, 3.05) is 13.2 Å². The van der Waals surface area contributed by atoms with Gasteiger partial charge in [-0.25, -0.2) is 0 Å². The third-order valence-corrected chi connectivity index (χ3v) is 5.49. The minimum atomic E-state index is -0.916. The first-order valence-corrected chi connectivity index (χ1v) is 10.5. The molecule has 30 heavy (non-hydrogen) atoms. The summed E-state index contributed by atoms with van der Waals surface area (Å²) in [5, 5.41) is 19.2.